The zero-order chi connectivity index (χ0) is 15.1. The summed E-state index contributed by atoms with van der Waals surface area (Å²) in [5.74, 6) is -0.874. The molecule has 1 heterocycles. The molecule has 0 aliphatic carbocycles. The van der Waals surface area contributed by atoms with Crippen LogP contribution in [0.2, 0.25) is 0 Å². The van der Waals surface area contributed by atoms with E-state index >= 15 is 0 Å². The van der Waals surface area contributed by atoms with Crippen molar-refractivity contribution in [2.45, 2.75) is 39.2 Å². The highest BCUT2D eigenvalue weighted by atomic mass is 16.4. The predicted molar refractivity (Wildman–Crippen MR) is 77.7 cm³/mol. The molecule has 0 radical (unpaired) electrons. The van der Waals surface area contributed by atoms with Gasteiger partial charge in [0.2, 0.25) is 0 Å². The summed E-state index contributed by atoms with van der Waals surface area (Å²) in [6.07, 6.45) is 1.99. The lowest BCUT2D eigenvalue weighted by Crippen LogP contribution is -2.49. The van der Waals surface area contributed by atoms with E-state index in [0.717, 1.165) is 32.5 Å². The van der Waals surface area contributed by atoms with Crippen molar-refractivity contribution in [2.24, 2.45) is 5.92 Å². The van der Waals surface area contributed by atoms with Gasteiger partial charge < -0.3 is 20.2 Å². The summed E-state index contributed by atoms with van der Waals surface area (Å²) >= 11 is 0. The van der Waals surface area contributed by atoms with E-state index in [1.807, 2.05) is 11.8 Å². The molecular formula is C14H27N3O3. The highest BCUT2D eigenvalue weighted by Gasteiger charge is 2.26. The van der Waals surface area contributed by atoms with Gasteiger partial charge in [0.1, 0.15) is 0 Å². The normalized spacial score (nSPS) is 22.1. The number of hydrogen-bond acceptors (Lipinski definition) is 3. The molecule has 2 atom stereocenters. The first kappa shape index (κ1) is 16.8. The molecule has 0 saturated carbocycles. The maximum Gasteiger partial charge on any atom is 0.317 e. The molecule has 1 rings (SSSR count). The number of carbonyl (C=O) groups is 2. The highest BCUT2D eigenvalue weighted by Crippen LogP contribution is 2.12. The van der Waals surface area contributed by atoms with Crippen LogP contribution < -0.4 is 5.32 Å². The average molecular weight is 285 g/mol. The molecular weight excluding hydrogens is 258 g/mol. The summed E-state index contributed by atoms with van der Waals surface area (Å²) in [6, 6.07) is 0.168. The SMILES string of the molecule is CCC1CN(C)CCCN1C(=O)NCC(C)CC(=O)O. The summed E-state index contributed by atoms with van der Waals surface area (Å²) < 4.78 is 0. The van der Waals surface area contributed by atoms with Crippen molar-refractivity contribution in [1.29, 1.82) is 0 Å². The van der Waals surface area contributed by atoms with Gasteiger partial charge in [0, 0.05) is 32.1 Å². The average Bonchev–Trinajstić information content (AvgIpc) is 2.56. The van der Waals surface area contributed by atoms with Gasteiger partial charge in [0.05, 0.1) is 0 Å². The van der Waals surface area contributed by atoms with Crippen molar-refractivity contribution in [3.63, 3.8) is 0 Å². The quantitative estimate of drug-likeness (QED) is 0.796. The lowest BCUT2D eigenvalue weighted by atomic mass is 10.1. The Morgan fingerprint density at radius 1 is 1.40 bits per heavy atom. The number of amides is 2. The van der Waals surface area contributed by atoms with Gasteiger partial charge in [-0.15, -0.1) is 0 Å². The lowest BCUT2D eigenvalue weighted by molar-refractivity contribution is -0.137. The van der Waals surface area contributed by atoms with Gasteiger partial charge in [0.15, 0.2) is 0 Å². The fraction of sp³-hybridized carbons (Fsp3) is 0.857. The summed E-state index contributed by atoms with van der Waals surface area (Å²) in [5, 5.41) is 11.6. The Morgan fingerprint density at radius 2 is 2.10 bits per heavy atom. The fourth-order valence-corrected chi connectivity index (χ4v) is 2.59. The number of rotatable bonds is 5. The van der Waals surface area contributed by atoms with Crippen LogP contribution in [0.3, 0.4) is 0 Å². The Labute approximate surface area is 121 Å². The minimum Gasteiger partial charge on any atom is -0.481 e. The van der Waals surface area contributed by atoms with Crippen LogP contribution in [-0.2, 0) is 4.79 Å². The first-order valence-electron chi connectivity index (χ1n) is 7.38. The van der Waals surface area contributed by atoms with Crippen molar-refractivity contribution < 1.29 is 14.7 Å². The molecule has 2 N–H and O–H groups in total. The molecule has 0 aromatic carbocycles. The molecule has 116 valence electrons. The van der Waals surface area contributed by atoms with Crippen LogP contribution in [-0.4, -0.2) is 66.2 Å². The number of urea groups is 1. The van der Waals surface area contributed by atoms with Crippen LogP contribution in [0, 0.1) is 5.92 Å². The third kappa shape index (κ3) is 5.36. The van der Waals surface area contributed by atoms with Gasteiger partial charge in [0.25, 0.3) is 0 Å². The highest BCUT2D eigenvalue weighted by molar-refractivity contribution is 5.74. The fourth-order valence-electron chi connectivity index (χ4n) is 2.59. The third-order valence-corrected chi connectivity index (χ3v) is 3.76. The number of carbonyl (C=O) groups excluding carboxylic acids is 1. The van der Waals surface area contributed by atoms with E-state index in [1.165, 1.54) is 0 Å². The van der Waals surface area contributed by atoms with Gasteiger partial charge in [-0.3, -0.25) is 4.79 Å². The van der Waals surface area contributed by atoms with Crippen molar-refractivity contribution in [3.05, 3.63) is 0 Å². The summed E-state index contributed by atoms with van der Waals surface area (Å²) in [5.41, 5.74) is 0. The summed E-state index contributed by atoms with van der Waals surface area (Å²) in [6.45, 7) is 7.01. The van der Waals surface area contributed by atoms with Crippen LogP contribution in [0.25, 0.3) is 0 Å². The smallest absolute Gasteiger partial charge is 0.317 e. The van der Waals surface area contributed by atoms with Crippen molar-refractivity contribution in [2.75, 3.05) is 33.2 Å². The van der Waals surface area contributed by atoms with E-state index in [4.69, 9.17) is 5.11 Å². The van der Waals surface area contributed by atoms with Gasteiger partial charge in [-0.1, -0.05) is 13.8 Å². The Kier molecular flexibility index (Phi) is 6.78. The van der Waals surface area contributed by atoms with Crippen molar-refractivity contribution >= 4 is 12.0 Å². The number of likely N-dealkylation sites (N-methyl/N-ethyl adjacent to an activating group) is 1. The molecule has 0 spiro atoms. The number of carboxylic acids is 1. The molecule has 0 aromatic rings. The molecule has 6 heteroatoms. The summed E-state index contributed by atoms with van der Waals surface area (Å²) in [7, 11) is 2.08. The Hall–Kier alpha value is -1.30. The molecule has 0 aromatic heterocycles. The maximum absolute atomic E-state index is 12.3. The third-order valence-electron chi connectivity index (χ3n) is 3.76. The van der Waals surface area contributed by atoms with E-state index in [0.29, 0.717) is 6.54 Å². The molecule has 1 aliphatic heterocycles. The molecule has 0 bridgehead atoms. The second kappa shape index (κ2) is 8.09. The number of hydrogen-bond donors (Lipinski definition) is 2. The Bertz CT molecular complexity index is 336. The van der Waals surface area contributed by atoms with Gasteiger partial charge in [-0.2, -0.15) is 0 Å². The number of aliphatic carboxylic acids is 1. The van der Waals surface area contributed by atoms with Crippen LogP contribution >= 0.6 is 0 Å². The second-order valence-corrected chi connectivity index (χ2v) is 5.76. The predicted octanol–water partition coefficient (Wildman–Crippen LogP) is 1.22. The van der Waals surface area contributed by atoms with Crippen molar-refractivity contribution in [3.8, 4) is 0 Å². The lowest BCUT2D eigenvalue weighted by Gasteiger charge is -2.30. The topological polar surface area (TPSA) is 72.9 Å². The standard InChI is InChI=1S/C14H27N3O3/c1-4-12-10-16(3)6-5-7-17(12)14(20)15-9-11(2)8-13(18)19/h11-12H,4-10H2,1-3H3,(H,15,20)(H,18,19). The number of nitrogens with one attached hydrogen (secondary N) is 1. The summed E-state index contributed by atoms with van der Waals surface area (Å²) in [4.78, 5) is 27.0. The van der Waals surface area contributed by atoms with Gasteiger partial charge in [-0.25, -0.2) is 4.79 Å². The van der Waals surface area contributed by atoms with Crippen LogP contribution in [0.1, 0.15) is 33.1 Å². The van der Waals surface area contributed by atoms with E-state index in [1.54, 1.807) is 0 Å². The minimum absolute atomic E-state index is 0.0498. The van der Waals surface area contributed by atoms with E-state index in [9.17, 15) is 9.59 Å². The van der Waals surface area contributed by atoms with Crippen LogP contribution in [0.4, 0.5) is 4.79 Å². The van der Waals surface area contributed by atoms with Crippen LogP contribution in [0.15, 0.2) is 0 Å². The second-order valence-electron chi connectivity index (χ2n) is 5.76. The van der Waals surface area contributed by atoms with E-state index in [-0.39, 0.29) is 24.4 Å². The first-order chi connectivity index (χ1) is 9.43. The van der Waals surface area contributed by atoms with Gasteiger partial charge in [-0.05, 0) is 32.4 Å². The van der Waals surface area contributed by atoms with Crippen molar-refractivity contribution in [1.82, 2.24) is 15.1 Å². The Balaban J connectivity index is 2.49. The molecule has 20 heavy (non-hydrogen) atoms. The molecule has 2 unspecified atom stereocenters. The Morgan fingerprint density at radius 3 is 2.70 bits per heavy atom. The molecule has 6 nitrogen and oxygen atoms in total. The first-order valence-corrected chi connectivity index (χ1v) is 7.38. The van der Waals surface area contributed by atoms with E-state index in [2.05, 4.69) is 24.2 Å². The largest absolute Gasteiger partial charge is 0.481 e. The zero-order valence-electron chi connectivity index (χ0n) is 12.8. The molecule has 1 saturated heterocycles. The van der Waals surface area contributed by atoms with Crippen LogP contribution in [0.5, 0.6) is 0 Å². The number of carboxylic acid groups (broad SMARTS) is 1. The molecule has 1 aliphatic rings. The monoisotopic (exact) mass is 285 g/mol. The van der Waals surface area contributed by atoms with Gasteiger partial charge >= 0.3 is 12.0 Å². The van der Waals surface area contributed by atoms with E-state index < -0.39 is 5.97 Å². The minimum atomic E-state index is -0.824. The number of nitrogens with zero attached hydrogens (tertiary/aromatic N) is 2. The molecule has 2 amide bonds. The molecule has 1 fully saturated rings. The zero-order valence-corrected chi connectivity index (χ0v) is 12.8. The maximum atomic E-state index is 12.3.